The molecule has 6 nitrogen and oxygen atoms in total. The zero-order chi connectivity index (χ0) is 9.80. The van der Waals surface area contributed by atoms with Crippen LogP contribution in [0.4, 0.5) is 0 Å². The highest BCUT2D eigenvalue weighted by Crippen LogP contribution is 2.06. The molecular formula is C8H6N6. The Morgan fingerprint density at radius 1 is 1.29 bits per heavy atom. The molecule has 2 heterocycles. The van der Waals surface area contributed by atoms with E-state index in [9.17, 15) is 0 Å². The minimum Gasteiger partial charge on any atom is -0.262 e. The van der Waals surface area contributed by atoms with Gasteiger partial charge in [-0.15, -0.1) is 5.10 Å². The number of aromatic amines is 1. The van der Waals surface area contributed by atoms with Crippen molar-refractivity contribution in [3.05, 3.63) is 24.3 Å². The number of H-pyrrole nitrogens is 1. The van der Waals surface area contributed by atoms with Crippen LogP contribution in [0.2, 0.25) is 0 Å². The summed E-state index contributed by atoms with van der Waals surface area (Å²) in [6.45, 7) is 0. The van der Waals surface area contributed by atoms with E-state index < -0.39 is 0 Å². The van der Waals surface area contributed by atoms with E-state index in [2.05, 4.69) is 25.1 Å². The van der Waals surface area contributed by atoms with Gasteiger partial charge in [-0.3, -0.25) is 5.10 Å². The van der Waals surface area contributed by atoms with E-state index in [1.165, 1.54) is 0 Å². The van der Waals surface area contributed by atoms with Gasteiger partial charge in [-0.1, -0.05) is 0 Å². The van der Waals surface area contributed by atoms with Crippen LogP contribution in [-0.2, 0) is 6.42 Å². The van der Waals surface area contributed by atoms with Crippen molar-refractivity contribution in [3.8, 4) is 17.7 Å². The van der Waals surface area contributed by atoms with Gasteiger partial charge in [0.15, 0.2) is 5.82 Å². The Labute approximate surface area is 79.7 Å². The van der Waals surface area contributed by atoms with Gasteiger partial charge in [0.05, 0.1) is 12.5 Å². The van der Waals surface area contributed by atoms with E-state index >= 15 is 0 Å². The molecule has 0 saturated heterocycles. The van der Waals surface area contributed by atoms with Crippen LogP contribution >= 0.6 is 0 Å². The average Bonchev–Trinajstić information content (AvgIpc) is 2.68. The van der Waals surface area contributed by atoms with Crippen molar-refractivity contribution < 1.29 is 0 Å². The first-order valence-corrected chi connectivity index (χ1v) is 3.96. The zero-order valence-electron chi connectivity index (χ0n) is 7.18. The first-order chi connectivity index (χ1) is 6.90. The molecule has 68 valence electrons. The van der Waals surface area contributed by atoms with Crippen LogP contribution in [0, 0.1) is 11.3 Å². The highest BCUT2D eigenvalue weighted by atomic mass is 15.2. The number of hydrogen-bond acceptors (Lipinski definition) is 5. The number of nitrogens with one attached hydrogen (secondary N) is 1. The minimum atomic E-state index is 0.208. The zero-order valence-corrected chi connectivity index (χ0v) is 7.18. The highest BCUT2D eigenvalue weighted by Gasteiger charge is 2.06. The predicted octanol–water partition coefficient (Wildman–Crippen LogP) is 0.328. The molecular weight excluding hydrogens is 180 g/mol. The van der Waals surface area contributed by atoms with Crippen molar-refractivity contribution >= 4 is 0 Å². The van der Waals surface area contributed by atoms with Gasteiger partial charge in [-0.2, -0.15) is 5.26 Å². The smallest absolute Gasteiger partial charge is 0.219 e. The molecule has 0 fully saturated rings. The molecule has 0 spiro atoms. The molecule has 0 radical (unpaired) electrons. The first kappa shape index (κ1) is 8.31. The van der Waals surface area contributed by atoms with Crippen LogP contribution in [-0.4, -0.2) is 25.1 Å². The summed E-state index contributed by atoms with van der Waals surface area (Å²) in [5.74, 6) is 1.39. The van der Waals surface area contributed by atoms with Crippen molar-refractivity contribution in [1.82, 2.24) is 25.1 Å². The van der Waals surface area contributed by atoms with E-state index in [4.69, 9.17) is 5.26 Å². The summed E-state index contributed by atoms with van der Waals surface area (Å²) in [7, 11) is 0. The second-order valence-electron chi connectivity index (χ2n) is 2.51. The van der Waals surface area contributed by atoms with E-state index in [-0.39, 0.29) is 6.42 Å². The van der Waals surface area contributed by atoms with Crippen molar-refractivity contribution in [3.63, 3.8) is 0 Å². The van der Waals surface area contributed by atoms with Crippen LogP contribution in [0.5, 0.6) is 0 Å². The fourth-order valence-electron chi connectivity index (χ4n) is 0.964. The second kappa shape index (κ2) is 3.62. The van der Waals surface area contributed by atoms with Crippen molar-refractivity contribution in [1.29, 1.82) is 5.26 Å². The molecule has 14 heavy (non-hydrogen) atoms. The number of aromatic nitrogens is 5. The van der Waals surface area contributed by atoms with Crippen LogP contribution < -0.4 is 0 Å². The maximum absolute atomic E-state index is 8.43. The Morgan fingerprint density at radius 2 is 2.07 bits per heavy atom. The summed E-state index contributed by atoms with van der Waals surface area (Å²) in [4.78, 5) is 12.0. The van der Waals surface area contributed by atoms with Gasteiger partial charge in [0.2, 0.25) is 5.82 Å². The van der Waals surface area contributed by atoms with E-state index in [1.54, 1.807) is 18.5 Å². The van der Waals surface area contributed by atoms with E-state index in [0.717, 1.165) is 0 Å². The van der Waals surface area contributed by atoms with Gasteiger partial charge in [0.25, 0.3) is 0 Å². The maximum atomic E-state index is 8.43. The minimum absolute atomic E-state index is 0.208. The third-order valence-corrected chi connectivity index (χ3v) is 1.54. The molecule has 0 amide bonds. The summed E-state index contributed by atoms with van der Waals surface area (Å²) < 4.78 is 0. The monoisotopic (exact) mass is 186 g/mol. The molecule has 2 aromatic rings. The highest BCUT2D eigenvalue weighted by molar-refractivity contribution is 5.40. The van der Waals surface area contributed by atoms with Crippen LogP contribution in [0.1, 0.15) is 5.82 Å². The average molecular weight is 186 g/mol. The van der Waals surface area contributed by atoms with Crippen LogP contribution in [0.15, 0.2) is 18.5 Å². The number of hydrogen-bond donors (Lipinski definition) is 1. The molecule has 0 saturated carbocycles. The molecule has 6 heteroatoms. The van der Waals surface area contributed by atoms with Crippen molar-refractivity contribution in [2.24, 2.45) is 0 Å². The van der Waals surface area contributed by atoms with Gasteiger partial charge in [-0.25, -0.2) is 15.0 Å². The SMILES string of the molecule is N#CCc1nc(-c2ncccn2)n[nH]1. The lowest BCUT2D eigenvalue weighted by atomic mass is 10.4. The Kier molecular flexibility index (Phi) is 2.15. The lowest BCUT2D eigenvalue weighted by Gasteiger charge is -1.88. The number of nitrogens with zero attached hydrogens (tertiary/aromatic N) is 5. The van der Waals surface area contributed by atoms with Gasteiger partial charge in [0, 0.05) is 12.4 Å². The standard InChI is InChI=1S/C8H6N6/c9-3-2-6-12-8(14-13-6)7-10-4-1-5-11-7/h1,4-5H,2H2,(H,12,13,14). The summed E-state index contributed by atoms with van der Waals surface area (Å²) in [6.07, 6.45) is 3.44. The summed E-state index contributed by atoms with van der Waals surface area (Å²) in [6, 6.07) is 3.69. The van der Waals surface area contributed by atoms with Gasteiger partial charge in [-0.05, 0) is 6.07 Å². The van der Waals surface area contributed by atoms with E-state index in [0.29, 0.717) is 17.5 Å². The summed E-state index contributed by atoms with van der Waals surface area (Å²) in [5, 5.41) is 15.0. The van der Waals surface area contributed by atoms with Gasteiger partial charge < -0.3 is 0 Å². The molecule has 0 atom stereocenters. The number of rotatable bonds is 2. The quantitative estimate of drug-likeness (QED) is 0.729. The molecule has 2 rings (SSSR count). The third-order valence-electron chi connectivity index (χ3n) is 1.54. The maximum Gasteiger partial charge on any atom is 0.219 e. The summed E-state index contributed by atoms with van der Waals surface area (Å²) >= 11 is 0. The van der Waals surface area contributed by atoms with Crippen molar-refractivity contribution in [2.75, 3.05) is 0 Å². The molecule has 0 aliphatic carbocycles. The van der Waals surface area contributed by atoms with Gasteiger partial charge in [0.1, 0.15) is 5.82 Å². The van der Waals surface area contributed by atoms with Crippen molar-refractivity contribution in [2.45, 2.75) is 6.42 Å². The molecule has 0 aliphatic heterocycles. The molecule has 0 aliphatic rings. The molecule has 0 aromatic carbocycles. The fraction of sp³-hybridized carbons (Fsp3) is 0.125. The van der Waals surface area contributed by atoms with Crippen LogP contribution in [0.3, 0.4) is 0 Å². The normalized spacial score (nSPS) is 9.64. The third kappa shape index (κ3) is 1.56. The Bertz CT molecular complexity index is 454. The lowest BCUT2D eigenvalue weighted by molar-refractivity contribution is 0.994. The summed E-state index contributed by atoms with van der Waals surface area (Å²) in [5.41, 5.74) is 0. The molecule has 0 bridgehead atoms. The largest absolute Gasteiger partial charge is 0.262 e. The molecule has 1 N–H and O–H groups in total. The Balaban J connectivity index is 2.31. The second-order valence-corrected chi connectivity index (χ2v) is 2.51. The number of nitriles is 1. The molecule has 2 aromatic heterocycles. The Hall–Kier alpha value is -2.29. The predicted molar refractivity (Wildman–Crippen MR) is 46.7 cm³/mol. The Morgan fingerprint density at radius 3 is 2.79 bits per heavy atom. The van der Waals surface area contributed by atoms with Crippen LogP contribution in [0.25, 0.3) is 11.6 Å². The molecule has 0 unspecified atom stereocenters. The first-order valence-electron chi connectivity index (χ1n) is 3.96. The lowest BCUT2D eigenvalue weighted by Crippen LogP contribution is -1.89. The topological polar surface area (TPSA) is 91.1 Å². The van der Waals surface area contributed by atoms with E-state index in [1.807, 2.05) is 6.07 Å². The fourth-order valence-corrected chi connectivity index (χ4v) is 0.964. The van der Waals surface area contributed by atoms with Gasteiger partial charge >= 0.3 is 0 Å².